The lowest BCUT2D eigenvalue weighted by atomic mass is 10.1. The molecule has 112 valence electrons. The average molecular weight is 304 g/mol. The van der Waals surface area contributed by atoms with E-state index < -0.39 is 0 Å². The van der Waals surface area contributed by atoms with Crippen molar-refractivity contribution in [3.63, 3.8) is 0 Å². The number of aliphatic hydroxyl groups is 1. The van der Waals surface area contributed by atoms with Gasteiger partial charge in [-0.3, -0.25) is 4.79 Å². The van der Waals surface area contributed by atoms with Gasteiger partial charge in [0.2, 0.25) is 0 Å². The third-order valence-corrected chi connectivity index (χ3v) is 5.25. The van der Waals surface area contributed by atoms with E-state index >= 15 is 0 Å². The summed E-state index contributed by atoms with van der Waals surface area (Å²) in [5.74, 6) is 5.16. The Kier molecular flexibility index (Phi) is 5.66. The van der Waals surface area contributed by atoms with Gasteiger partial charge in [0.05, 0.1) is 0 Å². The molecule has 4 nitrogen and oxygen atoms in total. The lowest BCUT2D eigenvalue weighted by Gasteiger charge is -2.26. The van der Waals surface area contributed by atoms with E-state index in [2.05, 4.69) is 28.4 Å². The summed E-state index contributed by atoms with van der Waals surface area (Å²) < 4.78 is 0.197. The second-order valence-electron chi connectivity index (χ2n) is 5.17. The molecule has 0 aromatic carbocycles. The standard InChI is InChI=1S/C16H20N2O2S/c1-21-16(8-2-3-9-16)12-18-15(20)14-7-6-13(11-17-14)5-4-10-19/h6-7,11,19H,2-3,8-10,12H2,1H3,(H,18,20). The number of carbonyl (C=O) groups excluding carboxylic acids is 1. The van der Waals surface area contributed by atoms with E-state index in [0.717, 1.165) is 12.8 Å². The van der Waals surface area contributed by atoms with Crippen molar-refractivity contribution in [2.24, 2.45) is 0 Å². The van der Waals surface area contributed by atoms with E-state index in [0.29, 0.717) is 17.8 Å². The van der Waals surface area contributed by atoms with Crippen molar-refractivity contribution in [1.29, 1.82) is 0 Å². The maximum Gasteiger partial charge on any atom is 0.269 e. The van der Waals surface area contributed by atoms with Crippen LogP contribution >= 0.6 is 11.8 Å². The second kappa shape index (κ2) is 7.48. The van der Waals surface area contributed by atoms with Gasteiger partial charge in [-0.2, -0.15) is 11.8 Å². The van der Waals surface area contributed by atoms with Gasteiger partial charge in [-0.25, -0.2) is 4.98 Å². The van der Waals surface area contributed by atoms with Crippen LogP contribution in [0.25, 0.3) is 0 Å². The van der Waals surface area contributed by atoms with Gasteiger partial charge < -0.3 is 10.4 Å². The average Bonchev–Trinajstić information content (AvgIpc) is 3.00. The number of aliphatic hydroxyl groups excluding tert-OH is 1. The molecular formula is C16H20N2O2S. The number of amides is 1. The van der Waals surface area contributed by atoms with Gasteiger partial charge in [0.25, 0.3) is 5.91 Å². The topological polar surface area (TPSA) is 62.2 Å². The largest absolute Gasteiger partial charge is 0.384 e. The molecule has 0 atom stereocenters. The number of aromatic nitrogens is 1. The maximum absolute atomic E-state index is 12.1. The zero-order valence-electron chi connectivity index (χ0n) is 12.2. The fourth-order valence-corrected chi connectivity index (χ4v) is 3.46. The van der Waals surface area contributed by atoms with Crippen molar-refractivity contribution in [3.8, 4) is 11.8 Å². The molecular weight excluding hydrogens is 284 g/mol. The molecule has 0 bridgehead atoms. The fourth-order valence-electron chi connectivity index (χ4n) is 2.55. The van der Waals surface area contributed by atoms with Gasteiger partial charge in [-0.05, 0) is 31.2 Å². The number of carbonyl (C=O) groups is 1. The number of nitrogens with one attached hydrogen (secondary N) is 1. The maximum atomic E-state index is 12.1. The second-order valence-corrected chi connectivity index (χ2v) is 6.44. The summed E-state index contributed by atoms with van der Waals surface area (Å²) in [5, 5.41) is 11.6. The predicted octanol–water partition coefficient (Wildman–Crippen LogP) is 1.83. The molecule has 1 aromatic rings. The van der Waals surface area contributed by atoms with Crippen LogP contribution < -0.4 is 5.32 Å². The summed E-state index contributed by atoms with van der Waals surface area (Å²) >= 11 is 1.85. The molecule has 1 aliphatic rings. The van der Waals surface area contributed by atoms with Gasteiger partial charge in [0.1, 0.15) is 12.3 Å². The summed E-state index contributed by atoms with van der Waals surface area (Å²) in [6.07, 6.45) is 8.48. The van der Waals surface area contributed by atoms with Gasteiger partial charge in [-0.1, -0.05) is 24.7 Å². The highest BCUT2D eigenvalue weighted by atomic mass is 32.2. The molecule has 5 heteroatoms. The third kappa shape index (κ3) is 4.23. The molecule has 0 unspecified atom stereocenters. The van der Waals surface area contributed by atoms with E-state index in [4.69, 9.17) is 5.11 Å². The Morgan fingerprint density at radius 3 is 2.81 bits per heavy atom. The highest BCUT2D eigenvalue weighted by Crippen LogP contribution is 2.39. The molecule has 1 saturated carbocycles. The van der Waals surface area contributed by atoms with Crippen LogP contribution in [0.3, 0.4) is 0 Å². The molecule has 2 N–H and O–H groups in total. The Morgan fingerprint density at radius 2 is 2.24 bits per heavy atom. The van der Waals surface area contributed by atoms with E-state index in [9.17, 15) is 4.79 Å². The van der Waals surface area contributed by atoms with Crippen molar-refractivity contribution < 1.29 is 9.90 Å². The van der Waals surface area contributed by atoms with Crippen LogP contribution in [0.5, 0.6) is 0 Å². The number of hydrogen-bond acceptors (Lipinski definition) is 4. The van der Waals surface area contributed by atoms with Crippen LogP contribution in [0.4, 0.5) is 0 Å². The van der Waals surface area contributed by atoms with Crippen LogP contribution in [0, 0.1) is 11.8 Å². The first-order valence-electron chi connectivity index (χ1n) is 7.08. The van der Waals surface area contributed by atoms with Crippen molar-refractivity contribution in [2.45, 2.75) is 30.4 Å². The van der Waals surface area contributed by atoms with Crippen LogP contribution in [0.2, 0.25) is 0 Å². The monoisotopic (exact) mass is 304 g/mol. The number of nitrogens with zero attached hydrogens (tertiary/aromatic N) is 1. The van der Waals surface area contributed by atoms with Crippen molar-refractivity contribution in [2.75, 3.05) is 19.4 Å². The van der Waals surface area contributed by atoms with Crippen LogP contribution in [-0.4, -0.2) is 40.2 Å². The zero-order valence-corrected chi connectivity index (χ0v) is 13.0. The number of pyridine rings is 1. The molecule has 1 aromatic heterocycles. The lowest BCUT2D eigenvalue weighted by molar-refractivity contribution is 0.0944. The first-order valence-corrected chi connectivity index (χ1v) is 8.31. The lowest BCUT2D eigenvalue weighted by Crippen LogP contribution is -2.38. The number of hydrogen-bond donors (Lipinski definition) is 2. The minimum atomic E-state index is -0.182. The molecule has 1 aliphatic carbocycles. The Hall–Kier alpha value is -1.51. The minimum absolute atomic E-state index is 0.142. The van der Waals surface area contributed by atoms with E-state index in [1.165, 1.54) is 12.8 Å². The molecule has 1 fully saturated rings. The molecule has 0 aliphatic heterocycles. The molecule has 21 heavy (non-hydrogen) atoms. The molecule has 0 spiro atoms. The van der Waals surface area contributed by atoms with Crippen molar-refractivity contribution >= 4 is 17.7 Å². The smallest absolute Gasteiger partial charge is 0.269 e. The quantitative estimate of drug-likeness (QED) is 0.833. The summed E-state index contributed by atoms with van der Waals surface area (Å²) in [4.78, 5) is 16.2. The van der Waals surface area contributed by atoms with Gasteiger partial charge >= 0.3 is 0 Å². The molecule has 1 amide bonds. The predicted molar refractivity (Wildman–Crippen MR) is 85.2 cm³/mol. The van der Waals surface area contributed by atoms with Crippen LogP contribution in [0.15, 0.2) is 18.3 Å². The Balaban J connectivity index is 1.94. The molecule has 2 rings (SSSR count). The van der Waals surface area contributed by atoms with Crippen molar-refractivity contribution in [1.82, 2.24) is 10.3 Å². The summed E-state index contributed by atoms with van der Waals surface area (Å²) in [7, 11) is 0. The third-order valence-electron chi connectivity index (χ3n) is 3.83. The Morgan fingerprint density at radius 1 is 1.48 bits per heavy atom. The summed E-state index contributed by atoms with van der Waals surface area (Å²) in [6, 6.07) is 3.40. The van der Waals surface area contributed by atoms with Gasteiger partial charge in [-0.15, -0.1) is 0 Å². The highest BCUT2D eigenvalue weighted by molar-refractivity contribution is 8.00. The fraction of sp³-hybridized carbons (Fsp3) is 0.500. The summed E-state index contributed by atoms with van der Waals surface area (Å²) in [5.41, 5.74) is 1.09. The van der Waals surface area contributed by atoms with Gasteiger partial charge in [0, 0.05) is 23.1 Å². The molecule has 1 heterocycles. The first kappa shape index (κ1) is 15.9. The van der Waals surface area contributed by atoms with E-state index in [1.54, 1.807) is 18.3 Å². The van der Waals surface area contributed by atoms with Crippen molar-refractivity contribution in [3.05, 3.63) is 29.6 Å². The molecule has 0 radical (unpaired) electrons. The van der Waals surface area contributed by atoms with E-state index in [1.807, 2.05) is 11.8 Å². The van der Waals surface area contributed by atoms with E-state index in [-0.39, 0.29) is 17.3 Å². The normalized spacial score (nSPS) is 16.1. The zero-order chi connectivity index (χ0) is 15.1. The SMILES string of the molecule is CSC1(CNC(=O)c2ccc(C#CCO)cn2)CCCC1. The Labute approximate surface area is 129 Å². The van der Waals surface area contributed by atoms with Gasteiger partial charge in [0.15, 0.2) is 0 Å². The van der Waals surface area contributed by atoms with Crippen LogP contribution in [0.1, 0.15) is 41.7 Å². The number of rotatable bonds is 4. The van der Waals surface area contributed by atoms with Crippen LogP contribution in [-0.2, 0) is 0 Å². The minimum Gasteiger partial charge on any atom is -0.384 e. The summed E-state index contributed by atoms with van der Waals surface area (Å²) in [6.45, 7) is 0.514. The highest BCUT2D eigenvalue weighted by Gasteiger charge is 2.33. The first-order chi connectivity index (χ1) is 10.2. The number of thioether (sulfide) groups is 1. The Bertz CT molecular complexity index is 540. The molecule has 0 saturated heterocycles.